The quantitative estimate of drug-likeness (QED) is 0.843. The van der Waals surface area contributed by atoms with Crippen molar-refractivity contribution in [2.45, 2.75) is 51.0 Å². The van der Waals surface area contributed by atoms with Gasteiger partial charge in [0.1, 0.15) is 0 Å². The van der Waals surface area contributed by atoms with Gasteiger partial charge in [0.05, 0.1) is 12.5 Å². The highest BCUT2D eigenvalue weighted by Gasteiger charge is 2.32. The molecule has 2 aliphatic rings. The van der Waals surface area contributed by atoms with Gasteiger partial charge in [0, 0.05) is 25.6 Å². The molecule has 0 aromatic carbocycles. The average Bonchev–Trinajstić information content (AvgIpc) is 2.45. The third-order valence-electron chi connectivity index (χ3n) is 4.11. The van der Waals surface area contributed by atoms with E-state index in [9.17, 15) is 9.59 Å². The van der Waals surface area contributed by atoms with Crippen LogP contribution in [0.1, 0.15) is 44.9 Å². The Bertz CT molecular complexity index is 325. The van der Waals surface area contributed by atoms with Crippen LogP contribution in [0, 0.1) is 5.92 Å². The van der Waals surface area contributed by atoms with Crippen molar-refractivity contribution in [3.63, 3.8) is 0 Å². The molecule has 0 radical (unpaired) electrons. The number of hydrogen-bond donors (Lipinski definition) is 1. The summed E-state index contributed by atoms with van der Waals surface area (Å²) in [4.78, 5) is 25.1. The average molecular weight is 269 g/mol. The van der Waals surface area contributed by atoms with E-state index in [0.29, 0.717) is 13.0 Å². The number of carboxylic acid groups (broad SMARTS) is 1. The molecular weight excluding hydrogens is 246 g/mol. The number of nitrogens with zero attached hydrogens (tertiary/aromatic N) is 1. The lowest BCUT2D eigenvalue weighted by atomic mass is 9.94. The summed E-state index contributed by atoms with van der Waals surface area (Å²) in [6.45, 7) is 2.06. The van der Waals surface area contributed by atoms with Crippen molar-refractivity contribution in [2.75, 3.05) is 19.8 Å². The number of aliphatic carboxylic acids is 1. The SMILES string of the molecule is O=C(O)CC[C@H]1CCCCN1C(=O)[C@H]1CCCOC1. The van der Waals surface area contributed by atoms with Crippen LogP contribution in [-0.2, 0) is 14.3 Å². The second-order valence-electron chi connectivity index (χ2n) is 5.53. The van der Waals surface area contributed by atoms with Gasteiger partial charge in [0.2, 0.25) is 5.91 Å². The van der Waals surface area contributed by atoms with Gasteiger partial charge in [-0.15, -0.1) is 0 Å². The van der Waals surface area contributed by atoms with Crippen molar-refractivity contribution in [3.8, 4) is 0 Å². The predicted octanol–water partition coefficient (Wildman–Crippen LogP) is 1.66. The molecule has 2 rings (SSSR count). The molecule has 1 amide bonds. The molecule has 0 unspecified atom stereocenters. The minimum absolute atomic E-state index is 0.0146. The van der Waals surface area contributed by atoms with Crippen LogP contribution in [0.3, 0.4) is 0 Å². The molecule has 2 aliphatic heterocycles. The first-order chi connectivity index (χ1) is 9.18. The van der Waals surface area contributed by atoms with Crippen LogP contribution >= 0.6 is 0 Å². The molecule has 0 bridgehead atoms. The maximum atomic E-state index is 12.5. The number of ether oxygens (including phenoxy) is 1. The second-order valence-corrected chi connectivity index (χ2v) is 5.53. The third kappa shape index (κ3) is 3.93. The smallest absolute Gasteiger partial charge is 0.303 e. The van der Waals surface area contributed by atoms with E-state index in [1.165, 1.54) is 0 Å². The topological polar surface area (TPSA) is 66.8 Å². The van der Waals surface area contributed by atoms with Crippen LogP contribution in [0.5, 0.6) is 0 Å². The van der Waals surface area contributed by atoms with Crippen molar-refractivity contribution in [3.05, 3.63) is 0 Å². The number of carbonyl (C=O) groups is 2. The van der Waals surface area contributed by atoms with E-state index in [-0.39, 0.29) is 24.3 Å². The molecule has 0 spiro atoms. The maximum Gasteiger partial charge on any atom is 0.303 e. The number of likely N-dealkylation sites (tertiary alicyclic amines) is 1. The monoisotopic (exact) mass is 269 g/mol. The Kier molecular flexibility index (Phi) is 5.19. The molecule has 5 nitrogen and oxygen atoms in total. The first kappa shape index (κ1) is 14.3. The Labute approximate surface area is 113 Å². The fraction of sp³-hybridized carbons (Fsp3) is 0.857. The van der Waals surface area contributed by atoms with Crippen molar-refractivity contribution in [2.24, 2.45) is 5.92 Å². The summed E-state index contributed by atoms with van der Waals surface area (Å²) >= 11 is 0. The van der Waals surface area contributed by atoms with Crippen molar-refractivity contribution >= 4 is 11.9 Å². The van der Waals surface area contributed by atoms with Crippen LogP contribution in [0.15, 0.2) is 0 Å². The molecule has 0 aliphatic carbocycles. The van der Waals surface area contributed by atoms with Crippen LogP contribution in [0.25, 0.3) is 0 Å². The standard InChI is InChI=1S/C14H23NO4/c16-13(17)7-6-12-5-1-2-8-15(12)14(18)11-4-3-9-19-10-11/h11-12H,1-10H2,(H,16,17)/t11-,12+/m0/s1. The summed E-state index contributed by atoms with van der Waals surface area (Å²) < 4.78 is 5.39. The van der Waals surface area contributed by atoms with Gasteiger partial charge in [-0.25, -0.2) is 0 Å². The highest BCUT2D eigenvalue weighted by Crippen LogP contribution is 2.25. The van der Waals surface area contributed by atoms with Gasteiger partial charge in [-0.05, 0) is 38.5 Å². The van der Waals surface area contributed by atoms with Crippen LogP contribution in [0.4, 0.5) is 0 Å². The van der Waals surface area contributed by atoms with Gasteiger partial charge in [-0.3, -0.25) is 9.59 Å². The lowest BCUT2D eigenvalue weighted by molar-refractivity contribution is -0.145. The number of hydrogen-bond acceptors (Lipinski definition) is 3. The molecule has 2 atom stereocenters. The Hall–Kier alpha value is -1.10. The molecule has 1 N–H and O–H groups in total. The second kappa shape index (κ2) is 6.89. The molecular formula is C14H23NO4. The molecule has 0 aromatic rings. The largest absolute Gasteiger partial charge is 0.481 e. The molecule has 108 valence electrons. The van der Waals surface area contributed by atoms with Crippen molar-refractivity contribution in [1.82, 2.24) is 4.90 Å². The van der Waals surface area contributed by atoms with Crippen LogP contribution in [0.2, 0.25) is 0 Å². The zero-order valence-corrected chi connectivity index (χ0v) is 11.3. The van der Waals surface area contributed by atoms with E-state index in [1.54, 1.807) is 0 Å². The molecule has 2 saturated heterocycles. The molecule has 0 saturated carbocycles. The van der Waals surface area contributed by atoms with Gasteiger partial charge in [0.25, 0.3) is 0 Å². The van der Waals surface area contributed by atoms with E-state index >= 15 is 0 Å². The van der Waals surface area contributed by atoms with Gasteiger partial charge in [-0.1, -0.05) is 0 Å². The van der Waals surface area contributed by atoms with Crippen LogP contribution < -0.4 is 0 Å². The summed E-state index contributed by atoms with van der Waals surface area (Å²) in [6, 6.07) is 0.110. The normalized spacial score (nSPS) is 28.1. The minimum Gasteiger partial charge on any atom is -0.481 e. The van der Waals surface area contributed by atoms with Gasteiger partial charge >= 0.3 is 5.97 Å². The van der Waals surface area contributed by atoms with Gasteiger partial charge in [0.15, 0.2) is 0 Å². The first-order valence-corrected chi connectivity index (χ1v) is 7.28. The summed E-state index contributed by atoms with van der Waals surface area (Å²) in [5.41, 5.74) is 0. The Morgan fingerprint density at radius 2 is 2.05 bits per heavy atom. The lowest BCUT2D eigenvalue weighted by Gasteiger charge is -2.38. The number of piperidine rings is 1. The molecule has 2 fully saturated rings. The summed E-state index contributed by atoms with van der Waals surface area (Å²) in [5, 5.41) is 8.79. The molecule has 2 heterocycles. The fourth-order valence-electron chi connectivity index (χ4n) is 3.05. The summed E-state index contributed by atoms with van der Waals surface area (Å²) in [5.74, 6) is -0.618. The van der Waals surface area contributed by atoms with E-state index in [2.05, 4.69) is 0 Å². The van der Waals surface area contributed by atoms with E-state index < -0.39 is 5.97 Å². The van der Waals surface area contributed by atoms with E-state index in [4.69, 9.17) is 9.84 Å². The highest BCUT2D eigenvalue weighted by molar-refractivity contribution is 5.79. The van der Waals surface area contributed by atoms with E-state index in [0.717, 1.165) is 45.3 Å². The predicted molar refractivity (Wildman–Crippen MR) is 69.8 cm³/mol. The highest BCUT2D eigenvalue weighted by atomic mass is 16.5. The Morgan fingerprint density at radius 1 is 1.21 bits per heavy atom. The first-order valence-electron chi connectivity index (χ1n) is 7.28. The molecule has 0 aromatic heterocycles. The Morgan fingerprint density at radius 3 is 2.74 bits per heavy atom. The fourth-order valence-corrected chi connectivity index (χ4v) is 3.05. The summed E-state index contributed by atoms with van der Waals surface area (Å²) in [6.07, 6.45) is 5.64. The minimum atomic E-state index is -0.779. The lowest BCUT2D eigenvalue weighted by Crippen LogP contribution is -2.48. The third-order valence-corrected chi connectivity index (χ3v) is 4.11. The van der Waals surface area contributed by atoms with E-state index in [1.807, 2.05) is 4.90 Å². The number of carbonyl (C=O) groups excluding carboxylic acids is 1. The summed E-state index contributed by atoms with van der Waals surface area (Å²) in [7, 11) is 0. The number of rotatable bonds is 4. The zero-order chi connectivity index (χ0) is 13.7. The maximum absolute atomic E-state index is 12.5. The number of carboxylic acids is 1. The van der Waals surface area contributed by atoms with Gasteiger partial charge < -0.3 is 14.7 Å². The van der Waals surface area contributed by atoms with Crippen molar-refractivity contribution in [1.29, 1.82) is 0 Å². The molecule has 19 heavy (non-hydrogen) atoms. The number of amides is 1. The zero-order valence-electron chi connectivity index (χ0n) is 11.3. The van der Waals surface area contributed by atoms with Crippen LogP contribution in [-0.4, -0.2) is 47.7 Å². The van der Waals surface area contributed by atoms with Crippen molar-refractivity contribution < 1.29 is 19.4 Å². The van der Waals surface area contributed by atoms with Gasteiger partial charge in [-0.2, -0.15) is 0 Å². The molecule has 5 heteroatoms. The Balaban J connectivity index is 1.93.